The van der Waals surface area contributed by atoms with Crippen LogP contribution in [0.25, 0.3) is 0 Å². The van der Waals surface area contributed by atoms with Crippen molar-refractivity contribution in [1.29, 1.82) is 0 Å². The van der Waals surface area contributed by atoms with Crippen molar-refractivity contribution in [3.8, 4) is 0 Å². The third-order valence-corrected chi connectivity index (χ3v) is 1.86. The molecule has 0 saturated heterocycles. The molecule has 1 aromatic heterocycles. The summed E-state index contributed by atoms with van der Waals surface area (Å²) in [4.78, 5) is 11.5. The van der Waals surface area contributed by atoms with E-state index in [2.05, 4.69) is 15.0 Å². The molecule has 2 N–H and O–H groups in total. The molecule has 0 fully saturated rings. The molecular formula is C9H13F3N4. The van der Waals surface area contributed by atoms with Crippen molar-refractivity contribution < 1.29 is 13.2 Å². The van der Waals surface area contributed by atoms with Gasteiger partial charge < -0.3 is 5.73 Å². The average Bonchev–Trinajstić information content (AvgIpc) is 2.13. The number of nitrogens with zero attached hydrogens (tertiary/aromatic N) is 3. The molecular weight excluding hydrogens is 221 g/mol. The van der Waals surface area contributed by atoms with Crippen molar-refractivity contribution >= 4 is 5.95 Å². The Bertz CT molecular complexity index is 362. The molecule has 0 aliphatic heterocycles. The van der Waals surface area contributed by atoms with Crippen molar-refractivity contribution in [2.24, 2.45) is 0 Å². The Morgan fingerprint density at radius 2 is 1.81 bits per heavy atom. The van der Waals surface area contributed by atoms with Crippen molar-refractivity contribution in [2.45, 2.75) is 38.8 Å². The Hall–Kier alpha value is -1.40. The topological polar surface area (TPSA) is 64.7 Å². The van der Waals surface area contributed by atoms with Crippen molar-refractivity contribution in [1.82, 2.24) is 15.0 Å². The Morgan fingerprint density at radius 3 is 2.31 bits per heavy atom. The van der Waals surface area contributed by atoms with E-state index in [-0.39, 0.29) is 24.1 Å². The van der Waals surface area contributed by atoms with Gasteiger partial charge in [-0.1, -0.05) is 13.8 Å². The van der Waals surface area contributed by atoms with E-state index in [0.29, 0.717) is 5.82 Å². The Labute approximate surface area is 91.1 Å². The molecule has 4 nitrogen and oxygen atoms in total. The lowest BCUT2D eigenvalue weighted by Crippen LogP contribution is -2.13. The minimum atomic E-state index is -4.21. The first kappa shape index (κ1) is 12.7. The highest BCUT2D eigenvalue weighted by molar-refractivity contribution is 5.17. The summed E-state index contributed by atoms with van der Waals surface area (Å²) >= 11 is 0. The lowest BCUT2D eigenvalue weighted by molar-refractivity contribution is -0.134. The number of hydrogen-bond donors (Lipinski definition) is 1. The Morgan fingerprint density at radius 1 is 1.19 bits per heavy atom. The highest BCUT2D eigenvalue weighted by Gasteiger charge is 2.27. The van der Waals surface area contributed by atoms with E-state index in [4.69, 9.17) is 5.73 Å². The molecule has 0 saturated carbocycles. The lowest BCUT2D eigenvalue weighted by atomic mass is 10.2. The number of halogens is 3. The van der Waals surface area contributed by atoms with Gasteiger partial charge in [-0.15, -0.1) is 0 Å². The number of aryl methyl sites for hydroxylation is 1. The van der Waals surface area contributed by atoms with Crippen LogP contribution >= 0.6 is 0 Å². The number of anilines is 1. The Kier molecular flexibility index (Phi) is 3.66. The second-order valence-corrected chi connectivity index (χ2v) is 3.74. The van der Waals surface area contributed by atoms with Crippen LogP contribution < -0.4 is 5.73 Å². The first-order valence-corrected chi connectivity index (χ1v) is 4.85. The second-order valence-electron chi connectivity index (χ2n) is 3.74. The molecule has 1 heterocycles. The first-order chi connectivity index (χ1) is 7.28. The van der Waals surface area contributed by atoms with Gasteiger partial charge in [0.2, 0.25) is 5.95 Å². The van der Waals surface area contributed by atoms with Gasteiger partial charge in [0, 0.05) is 12.3 Å². The minimum Gasteiger partial charge on any atom is -0.368 e. The molecule has 0 aliphatic rings. The van der Waals surface area contributed by atoms with E-state index in [1.165, 1.54) is 0 Å². The van der Waals surface area contributed by atoms with E-state index in [0.717, 1.165) is 0 Å². The smallest absolute Gasteiger partial charge is 0.368 e. The van der Waals surface area contributed by atoms with Crippen LogP contribution in [0.1, 0.15) is 37.8 Å². The van der Waals surface area contributed by atoms with Crippen molar-refractivity contribution in [3.63, 3.8) is 0 Å². The average molecular weight is 234 g/mol. The van der Waals surface area contributed by atoms with Crippen molar-refractivity contribution in [3.05, 3.63) is 11.6 Å². The number of nitrogens with two attached hydrogens (primary N) is 1. The van der Waals surface area contributed by atoms with Gasteiger partial charge >= 0.3 is 6.18 Å². The minimum absolute atomic E-state index is 0.00920. The lowest BCUT2D eigenvalue weighted by Gasteiger charge is -2.08. The van der Waals surface area contributed by atoms with Crippen LogP contribution in [0.5, 0.6) is 0 Å². The third-order valence-electron chi connectivity index (χ3n) is 1.86. The summed E-state index contributed by atoms with van der Waals surface area (Å²) < 4.78 is 36.0. The van der Waals surface area contributed by atoms with Crippen LogP contribution in [0.15, 0.2) is 0 Å². The number of hydrogen-bond acceptors (Lipinski definition) is 4. The molecule has 0 unspecified atom stereocenters. The number of rotatable bonds is 3. The maximum absolute atomic E-state index is 12.0. The van der Waals surface area contributed by atoms with Crippen LogP contribution in [0.3, 0.4) is 0 Å². The monoisotopic (exact) mass is 234 g/mol. The van der Waals surface area contributed by atoms with Crippen LogP contribution in [0, 0.1) is 0 Å². The predicted octanol–water partition coefficient (Wildman–Crippen LogP) is 2.07. The molecule has 0 aliphatic carbocycles. The van der Waals surface area contributed by atoms with Crippen LogP contribution in [0.2, 0.25) is 0 Å². The molecule has 16 heavy (non-hydrogen) atoms. The van der Waals surface area contributed by atoms with Crippen molar-refractivity contribution in [2.75, 3.05) is 5.73 Å². The number of aromatic nitrogens is 3. The summed E-state index contributed by atoms with van der Waals surface area (Å²) in [5, 5.41) is 0. The van der Waals surface area contributed by atoms with Gasteiger partial charge in [0.1, 0.15) is 11.6 Å². The SMILES string of the molecule is CC(C)c1nc(N)nc(CCC(F)(F)F)n1. The summed E-state index contributed by atoms with van der Waals surface area (Å²) in [6.45, 7) is 3.67. The summed E-state index contributed by atoms with van der Waals surface area (Å²) in [5.41, 5.74) is 5.39. The molecule has 0 amide bonds. The number of alkyl halides is 3. The van der Waals surface area contributed by atoms with E-state index in [9.17, 15) is 13.2 Å². The molecule has 0 bridgehead atoms. The number of nitrogen functional groups attached to an aromatic ring is 1. The van der Waals surface area contributed by atoms with E-state index in [1.54, 1.807) is 0 Å². The summed E-state index contributed by atoms with van der Waals surface area (Å²) in [6.07, 6.45) is -5.43. The largest absolute Gasteiger partial charge is 0.389 e. The highest BCUT2D eigenvalue weighted by Crippen LogP contribution is 2.21. The van der Waals surface area contributed by atoms with Crippen LogP contribution in [-0.2, 0) is 6.42 Å². The molecule has 0 aromatic carbocycles. The fourth-order valence-corrected chi connectivity index (χ4v) is 1.08. The van der Waals surface area contributed by atoms with E-state index in [1.807, 2.05) is 13.8 Å². The highest BCUT2D eigenvalue weighted by atomic mass is 19.4. The molecule has 1 rings (SSSR count). The quantitative estimate of drug-likeness (QED) is 0.869. The summed E-state index contributed by atoms with van der Waals surface area (Å²) in [7, 11) is 0. The van der Waals surface area contributed by atoms with Crippen LogP contribution in [0.4, 0.5) is 19.1 Å². The van der Waals surface area contributed by atoms with Gasteiger partial charge in [-0.25, -0.2) is 4.98 Å². The molecule has 0 radical (unpaired) electrons. The molecule has 1 aromatic rings. The predicted molar refractivity (Wildman–Crippen MR) is 52.7 cm³/mol. The van der Waals surface area contributed by atoms with Gasteiger partial charge in [-0.2, -0.15) is 23.1 Å². The first-order valence-electron chi connectivity index (χ1n) is 4.85. The molecule has 0 atom stereocenters. The summed E-state index contributed by atoms with van der Waals surface area (Å²) in [6, 6.07) is 0. The van der Waals surface area contributed by atoms with Gasteiger partial charge in [-0.05, 0) is 0 Å². The maximum atomic E-state index is 12.0. The molecule has 90 valence electrons. The van der Waals surface area contributed by atoms with E-state index >= 15 is 0 Å². The Balaban J connectivity index is 2.81. The standard InChI is InChI=1S/C9H13F3N4/c1-5(2)7-14-6(15-8(13)16-7)3-4-9(10,11)12/h5H,3-4H2,1-2H3,(H2,13,14,15,16). The third kappa shape index (κ3) is 4.00. The van der Waals surface area contributed by atoms with E-state index < -0.39 is 12.6 Å². The van der Waals surface area contributed by atoms with Gasteiger partial charge in [0.25, 0.3) is 0 Å². The second kappa shape index (κ2) is 4.63. The maximum Gasteiger partial charge on any atom is 0.389 e. The fourth-order valence-electron chi connectivity index (χ4n) is 1.08. The van der Waals surface area contributed by atoms with Crippen LogP contribution in [-0.4, -0.2) is 21.1 Å². The molecule has 0 spiro atoms. The van der Waals surface area contributed by atoms with Gasteiger partial charge in [0.15, 0.2) is 0 Å². The van der Waals surface area contributed by atoms with Gasteiger partial charge in [-0.3, -0.25) is 0 Å². The fraction of sp³-hybridized carbons (Fsp3) is 0.667. The zero-order valence-corrected chi connectivity index (χ0v) is 9.04. The zero-order chi connectivity index (χ0) is 12.3. The summed E-state index contributed by atoms with van der Waals surface area (Å²) in [5.74, 6) is 0.490. The normalized spacial score (nSPS) is 12.1. The molecule has 7 heteroatoms. The zero-order valence-electron chi connectivity index (χ0n) is 9.04. The van der Waals surface area contributed by atoms with Gasteiger partial charge in [0.05, 0.1) is 6.42 Å².